The number of hydrogen-bond donors (Lipinski definition) is 1. The third-order valence-corrected chi connectivity index (χ3v) is 7.19. The molecule has 0 unspecified atom stereocenters. The maximum absolute atomic E-state index is 13.3. The first-order valence-electron chi connectivity index (χ1n) is 12.0. The molecule has 4 aromatic rings. The number of aromatic nitrogens is 2. The third-order valence-electron chi connectivity index (χ3n) is 6.21. The smallest absolute Gasteiger partial charge is 0.262 e. The Kier molecular flexibility index (Phi) is 7.14. The van der Waals surface area contributed by atoms with E-state index in [0.29, 0.717) is 22.6 Å². The predicted molar refractivity (Wildman–Crippen MR) is 143 cm³/mol. The Hall–Kier alpha value is -3.58. The predicted octanol–water partition coefficient (Wildman–Crippen LogP) is 5.17. The molecule has 0 aliphatic carbocycles. The van der Waals surface area contributed by atoms with Crippen molar-refractivity contribution in [3.63, 3.8) is 0 Å². The van der Waals surface area contributed by atoms with Crippen LogP contribution in [0.5, 0.6) is 0 Å². The molecule has 1 amide bonds. The van der Waals surface area contributed by atoms with E-state index in [0.717, 1.165) is 24.3 Å². The van der Waals surface area contributed by atoms with Gasteiger partial charge in [0.15, 0.2) is 5.16 Å². The van der Waals surface area contributed by atoms with Crippen molar-refractivity contribution in [2.45, 2.75) is 31.0 Å². The van der Waals surface area contributed by atoms with E-state index < -0.39 is 0 Å². The minimum absolute atomic E-state index is 0.101. The number of carbonyl (C=O) groups is 1. The number of carbonyl (C=O) groups excluding carboxylic acids is 1. The average molecular weight is 485 g/mol. The Morgan fingerprint density at radius 3 is 2.37 bits per heavy atom. The van der Waals surface area contributed by atoms with Gasteiger partial charge in [-0.2, -0.15) is 0 Å². The van der Waals surface area contributed by atoms with Gasteiger partial charge in [0.25, 0.3) is 5.56 Å². The van der Waals surface area contributed by atoms with Gasteiger partial charge >= 0.3 is 0 Å². The second-order valence-corrected chi connectivity index (χ2v) is 9.66. The second kappa shape index (κ2) is 10.8. The summed E-state index contributed by atoms with van der Waals surface area (Å²) in [5.74, 6) is 0.0300. The van der Waals surface area contributed by atoms with Crippen molar-refractivity contribution >= 4 is 39.9 Å². The summed E-state index contributed by atoms with van der Waals surface area (Å²) in [6.07, 6.45) is 3.76. The Balaban J connectivity index is 1.30. The molecule has 0 saturated carbocycles. The quantitative estimate of drug-likeness (QED) is 0.290. The summed E-state index contributed by atoms with van der Waals surface area (Å²) < 4.78 is 1.66. The van der Waals surface area contributed by atoms with Crippen molar-refractivity contribution in [3.8, 4) is 0 Å². The van der Waals surface area contributed by atoms with Gasteiger partial charge in [0.1, 0.15) is 0 Å². The van der Waals surface area contributed by atoms with Crippen LogP contribution in [-0.4, -0.2) is 34.3 Å². The highest BCUT2D eigenvalue weighted by atomic mass is 32.2. The van der Waals surface area contributed by atoms with Gasteiger partial charge in [-0.15, -0.1) is 0 Å². The maximum Gasteiger partial charge on any atom is 0.262 e. The van der Waals surface area contributed by atoms with Gasteiger partial charge < -0.3 is 10.2 Å². The van der Waals surface area contributed by atoms with Crippen LogP contribution < -0.4 is 15.8 Å². The van der Waals surface area contributed by atoms with Gasteiger partial charge in [0, 0.05) is 24.5 Å². The molecule has 0 spiro atoms. The highest BCUT2D eigenvalue weighted by molar-refractivity contribution is 7.99. The number of nitrogens with zero attached hydrogens (tertiary/aromatic N) is 3. The largest absolute Gasteiger partial charge is 0.372 e. The lowest BCUT2D eigenvalue weighted by atomic mass is 10.1. The Labute approximate surface area is 209 Å². The second-order valence-electron chi connectivity index (χ2n) is 8.72. The van der Waals surface area contributed by atoms with Gasteiger partial charge in [0.2, 0.25) is 5.91 Å². The lowest BCUT2D eigenvalue weighted by Gasteiger charge is -2.28. The molecular formula is C28H28N4O2S. The summed E-state index contributed by atoms with van der Waals surface area (Å²) in [6.45, 7) is 2.58. The zero-order valence-corrected chi connectivity index (χ0v) is 20.3. The molecule has 7 heteroatoms. The zero-order valence-electron chi connectivity index (χ0n) is 19.5. The number of amides is 1. The van der Waals surface area contributed by atoms with E-state index in [9.17, 15) is 9.59 Å². The molecular weight excluding hydrogens is 456 g/mol. The lowest BCUT2D eigenvalue weighted by molar-refractivity contribution is -0.113. The SMILES string of the molecule is O=C(CSc1nc2ccccc2c(=O)n1Cc1ccccc1)Nc1ccc(N2CCCCC2)cc1. The fourth-order valence-corrected chi connectivity index (χ4v) is 5.20. The maximum atomic E-state index is 13.3. The number of para-hydroxylation sites is 1. The van der Waals surface area contributed by atoms with Gasteiger partial charge in [-0.05, 0) is 61.2 Å². The van der Waals surface area contributed by atoms with Crippen LogP contribution in [0, 0.1) is 0 Å². The van der Waals surface area contributed by atoms with E-state index in [4.69, 9.17) is 4.98 Å². The van der Waals surface area contributed by atoms with Crippen LogP contribution in [0.1, 0.15) is 24.8 Å². The average Bonchev–Trinajstić information content (AvgIpc) is 2.91. The monoisotopic (exact) mass is 484 g/mol. The molecule has 6 nitrogen and oxygen atoms in total. The molecule has 1 aromatic heterocycles. The van der Waals surface area contributed by atoms with E-state index in [2.05, 4.69) is 22.3 Å². The van der Waals surface area contributed by atoms with E-state index in [-0.39, 0.29) is 17.2 Å². The molecule has 0 bridgehead atoms. The van der Waals surface area contributed by atoms with Crippen molar-refractivity contribution in [2.75, 3.05) is 29.1 Å². The Morgan fingerprint density at radius 2 is 1.60 bits per heavy atom. The molecule has 35 heavy (non-hydrogen) atoms. The Morgan fingerprint density at radius 1 is 0.886 bits per heavy atom. The van der Waals surface area contributed by atoms with Crippen LogP contribution >= 0.6 is 11.8 Å². The zero-order chi connectivity index (χ0) is 24.0. The van der Waals surface area contributed by atoms with Crippen molar-refractivity contribution in [2.24, 2.45) is 0 Å². The third kappa shape index (κ3) is 5.57. The number of fused-ring (bicyclic) bond motifs is 1. The van der Waals surface area contributed by atoms with Gasteiger partial charge in [-0.25, -0.2) is 4.98 Å². The van der Waals surface area contributed by atoms with Crippen LogP contribution in [0.4, 0.5) is 11.4 Å². The molecule has 1 fully saturated rings. The molecule has 3 aromatic carbocycles. The van der Waals surface area contributed by atoms with Gasteiger partial charge in [0.05, 0.1) is 23.2 Å². The van der Waals surface area contributed by atoms with Crippen molar-refractivity contribution in [3.05, 3.63) is 94.8 Å². The van der Waals surface area contributed by atoms with Crippen LogP contribution in [0.3, 0.4) is 0 Å². The number of thioether (sulfide) groups is 1. The number of anilines is 2. The first kappa shape index (κ1) is 23.2. The summed E-state index contributed by atoms with van der Waals surface area (Å²) >= 11 is 1.28. The first-order valence-corrected chi connectivity index (χ1v) is 13.0. The van der Waals surface area contributed by atoms with Crippen LogP contribution in [0.2, 0.25) is 0 Å². The van der Waals surface area contributed by atoms with Crippen molar-refractivity contribution in [1.29, 1.82) is 0 Å². The number of nitrogens with one attached hydrogen (secondary N) is 1. The standard InChI is InChI=1S/C28H28N4O2S/c33-26(29-22-13-15-23(16-14-22)31-17-7-2-8-18-31)20-35-28-30-25-12-6-5-11-24(25)27(34)32(28)19-21-9-3-1-4-10-21/h1,3-6,9-16H,2,7-8,17-20H2,(H,29,33). The fourth-order valence-electron chi connectivity index (χ4n) is 4.40. The molecule has 1 N–H and O–H groups in total. The Bertz CT molecular complexity index is 1360. The minimum atomic E-state index is -0.130. The highest BCUT2D eigenvalue weighted by Crippen LogP contribution is 2.23. The molecule has 0 radical (unpaired) electrons. The summed E-state index contributed by atoms with van der Waals surface area (Å²) in [7, 11) is 0. The van der Waals surface area contributed by atoms with E-state index >= 15 is 0 Å². The fraction of sp³-hybridized carbons (Fsp3) is 0.250. The minimum Gasteiger partial charge on any atom is -0.372 e. The summed E-state index contributed by atoms with van der Waals surface area (Å²) in [6, 6.07) is 25.2. The van der Waals surface area contributed by atoms with Crippen molar-refractivity contribution < 1.29 is 4.79 Å². The molecule has 5 rings (SSSR count). The van der Waals surface area contributed by atoms with Crippen LogP contribution in [-0.2, 0) is 11.3 Å². The molecule has 1 aliphatic heterocycles. The van der Waals surface area contributed by atoms with Gasteiger partial charge in [-0.3, -0.25) is 14.2 Å². The molecule has 1 aliphatic rings. The van der Waals surface area contributed by atoms with Crippen LogP contribution in [0.15, 0.2) is 88.8 Å². The molecule has 178 valence electrons. The summed E-state index contributed by atoms with van der Waals surface area (Å²) in [4.78, 5) is 33.1. The normalized spacial score (nSPS) is 13.7. The summed E-state index contributed by atoms with van der Waals surface area (Å²) in [5.41, 5.74) is 3.51. The van der Waals surface area contributed by atoms with Gasteiger partial charge in [-0.1, -0.05) is 54.2 Å². The number of rotatable bonds is 7. The van der Waals surface area contributed by atoms with Crippen LogP contribution in [0.25, 0.3) is 10.9 Å². The van der Waals surface area contributed by atoms with Crippen molar-refractivity contribution in [1.82, 2.24) is 9.55 Å². The summed E-state index contributed by atoms with van der Waals surface area (Å²) in [5, 5.41) is 4.08. The molecule has 1 saturated heterocycles. The highest BCUT2D eigenvalue weighted by Gasteiger charge is 2.15. The topological polar surface area (TPSA) is 67.2 Å². The number of piperidine rings is 1. The first-order chi connectivity index (χ1) is 17.2. The lowest BCUT2D eigenvalue weighted by Crippen LogP contribution is -2.29. The molecule has 0 atom stereocenters. The van der Waals surface area contributed by atoms with E-state index in [1.54, 1.807) is 10.6 Å². The number of benzene rings is 3. The van der Waals surface area contributed by atoms with E-state index in [1.807, 2.05) is 60.7 Å². The molecule has 2 heterocycles. The van der Waals surface area contributed by atoms with E-state index in [1.165, 1.54) is 36.7 Å². The number of hydrogen-bond acceptors (Lipinski definition) is 5.